The van der Waals surface area contributed by atoms with Crippen molar-refractivity contribution in [1.82, 2.24) is 14.9 Å². The molecule has 3 aromatic rings. The van der Waals surface area contributed by atoms with Crippen LogP contribution >= 0.6 is 0 Å². The molecule has 0 saturated carbocycles. The normalized spacial score (nSPS) is 11.1. The van der Waals surface area contributed by atoms with Gasteiger partial charge in [-0.1, -0.05) is 6.07 Å². The van der Waals surface area contributed by atoms with E-state index in [9.17, 15) is 4.39 Å². The van der Waals surface area contributed by atoms with E-state index in [0.29, 0.717) is 0 Å². The van der Waals surface area contributed by atoms with Gasteiger partial charge in [0.15, 0.2) is 0 Å². The first-order valence-electron chi connectivity index (χ1n) is 6.68. The molecule has 3 nitrogen and oxygen atoms in total. The summed E-state index contributed by atoms with van der Waals surface area (Å²) < 4.78 is 15.3. The summed E-state index contributed by atoms with van der Waals surface area (Å²) in [5.74, 6) is -0.195. The van der Waals surface area contributed by atoms with Gasteiger partial charge in [0.2, 0.25) is 0 Å². The molecule has 0 unspecified atom stereocenters. The Morgan fingerprint density at radius 3 is 2.95 bits per heavy atom. The molecule has 0 amide bonds. The van der Waals surface area contributed by atoms with E-state index in [1.807, 2.05) is 36.5 Å². The lowest BCUT2D eigenvalue weighted by Gasteiger charge is -2.07. The fourth-order valence-electron chi connectivity index (χ4n) is 2.27. The quantitative estimate of drug-likeness (QED) is 0.722. The van der Waals surface area contributed by atoms with Crippen LogP contribution in [0.1, 0.15) is 5.69 Å². The Labute approximate surface area is 117 Å². The maximum absolute atomic E-state index is 13.3. The average molecular weight is 269 g/mol. The molecule has 0 atom stereocenters. The second kappa shape index (κ2) is 5.84. The second-order valence-electron chi connectivity index (χ2n) is 4.71. The van der Waals surface area contributed by atoms with E-state index in [4.69, 9.17) is 0 Å². The minimum absolute atomic E-state index is 0.195. The van der Waals surface area contributed by atoms with Crippen LogP contribution in [-0.2, 0) is 13.1 Å². The van der Waals surface area contributed by atoms with E-state index < -0.39 is 0 Å². The lowest BCUT2D eigenvalue weighted by Crippen LogP contribution is -2.19. The van der Waals surface area contributed by atoms with Crippen LogP contribution in [0.25, 0.3) is 10.9 Å². The maximum Gasteiger partial charge on any atom is 0.125 e. The molecule has 0 aliphatic heterocycles. The Kier molecular flexibility index (Phi) is 3.74. The third kappa shape index (κ3) is 2.86. The molecule has 0 spiro atoms. The highest BCUT2D eigenvalue weighted by Gasteiger charge is 2.02. The van der Waals surface area contributed by atoms with E-state index >= 15 is 0 Å². The minimum atomic E-state index is -0.195. The van der Waals surface area contributed by atoms with E-state index in [1.54, 1.807) is 12.3 Å². The van der Waals surface area contributed by atoms with Crippen LogP contribution in [0.15, 0.2) is 54.9 Å². The third-order valence-corrected chi connectivity index (χ3v) is 3.30. The molecule has 1 aromatic carbocycles. The number of fused-ring (bicyclic) bond motifs is 1. The molecule has 0 fully saturated rings. The van der Waals surface area contributed by atoms with Crippen molar-refractivity contribution in [2.75, 3.05) is 6.54 Å². The highest BCUT2D eigenvalue weighted by Crippen LogP contribution is 2.16. The van der Waals surface area contributed by atoms with Gasteiger partial charge in [0.25, 0.3) is 0 Å². The lowest BCUT2D eigenvalue weighted by molar-refractivity contribution is 0.600. The molecule has 0 saturated heterocycles. The number of rotatable bonds is 5. The zero-order valence-corrected chi connectivity index (χ0v) is 11.1. The van der Waals surface area contributed by atoms with Crippen LogP contribution in [0.5, 0.6) is 0 Å². The van der Waals surface area contributed by atoms with E-state index in [-0.39, 0.29) is 5.82 Å². The summed E-state index contributed by atoms with van der Waals surface area (Å²) in [7, 11) is 0. The molecule has 102 valence electrons. The van der Waals surface area contributed by atoms with Crippen LogP contribution in [0.3, 0.4) is 0 Å². The molecule has 0 aliphatic rings. The number of aromatic nitrogens is 2. The van der Waals surface area contributed by atoms with Crippen LogP contribution in [0.2, 0.25) is 0 Å². The molecule has 2 heterocycles. The van der Waals surface area contributed by atoms with Crippen molar-refractivity contribution >= 4 is 10.9 Å². The number of nitrogens with one attached hydrogen (secondary N) is 1. The van der Waals surface area contributed by atoms with Crippen molar-refractivity contribution in [3.8, 4) is 0 Å². The van der Waals surface area contributed by atoms with Crippen molar-refractivity contribution in [2.45, 2.75) is 13.1 Å². The fourth-order valence-corrected chi connectivity index (χ4v) is 2.27. The van der Waals surface area contributed by atoms with Gasteiger partial charge in [-0.2, -0.15) is 0 Å². The summed E-state index contributed by atoms with van der Waals surface area (Å²) in [6.07, 6.45) is 3.78. The van der Waals surface area contributed by atoms with Crippen LogP contribution in [-0.4, -0.2) is 16.1 Å². The molecule has 0 aliphatic carbocycles. The molecule has 2 aromatic heterocycles. The van der Waals surface area contributed by atoms with Gasteiger partial charge < -0.3 is 9.88 Å². The van der Waals surface area contributed by atoms with Crippen LogP contribution in [0, 0.1) is 5.82 Å². The summed E-state index contributed by atoms with van der Waals surface area (Å²) in [6.45, 7) is 2.37. The van der Waals surface area contributed by atoms with Crippen molar-refractivity contribution < 1.29 is 4.39 Å². The zero-order valence-electron chi connectivity index (χ0n) is 11.1. The predicted molar refractivity (Wildman–Crippen MR) is 77.8 cm³/mol. The monoisotopic (exact) mass is 269 g/mol. The van der Waals surface area contributed by atoms with Crippen molar-refractivity contribution in [1.29, 1.82) is 0 Å². The van der Waals surface area contributed by atoms with Gasteiger partial charge in [0.1, 0.15) is 5.82 Å². The van der Waals surface area contributed by atoms with Gasteiger partial charge in [0, 0.05) is 32.0 Å². The average Bonchev–Trinajstić information content (AvgIpc) is 2.87. The molecular formula is C16H16FN3. The van der Waals surface area contributed by atoms with Crippen LogP contribution < -0.4 is 5.32 Å². The number of halogens is 1. The first-order valence-corrected chi connectivity index (χ1v) is 6.68. The summed E-state index contributed by atoms with van der Waals surface area (Å²) in [5, 5.41) is 4.41. The molecule has 20 heavy (non-hydrogen) atoms. The smallest absolute Gasteiger partial charge is 0.125 e. The zero-order chi connectivity index (χ0) is 13.8. The molecule has 4 heteroatoms. The molecular weight excluding hydrogens is 253 g/mol. The van der Waals surface area contributed by atoms with Crippen molar-refractivity contribution in [2.24, 2.45) is 0 Å². The van der Waals surface area contributed by atoms with Crippen molar-refractivity contribution in [3.63, 3.8) is 0 Å². The number of benzene rings is 1. The maximum atomic E-state index is 13.3. The molecule has 0 radical (unpaired) electrons. The fraction of sp³-hybridized carbons (Fsp3) is 0.188. The van der Waals surface area contributed by atoms with Gasteiger partial charge in [-0.05, 0) is 41.8 Å². The summed E-state index contributed by atoms with van der Waals surface area (Å²) in [6, 6.07) is 12.8. The second-order valence-corrected chi connectivity index (χ2v) is 4.71. The van der Waals surface area contributed by atoms with E-state index in [0.717, 1.165) is 36.2 Å². The van der Waals surface area contributed by atoms with Gasteiger partial charge in [-0.15, -0.1) is 0 Å². The molecule has 3 rings (SSSR count). The Morgan fingerprint density at radius 1 is 1.15 bits per heavy atom. The van der Waals surface area contributed by atoms with E-state index in [1.165, 1.54) is 6.07 Å². The van der Waals surface area contributed by atoms with Gasteiger partial charge in [-0.3, -0.25) is 4.98 Å². The Balaban J connectivity index is 1.59. The summed E-state index contributed by atoms with van der Waals surface area (Å²) in [4.78, 5) is 4.26. The minimum Gasteiger partial charge on any atom is -0.346 e. The standard InChI is InChI=1S/C16H16FN3/c17-14-5-4-13-6-9-20(16(13)11-14)10-8-18-12-15-3-1-2-7-19-15/h1-7,9,11,18H,8,10,12H2. The summed E-state index contributed by atoms with van der Waals surface area (Å²) in [5.41, 5.74) is 1.96. The first-order chi connectivity index (χ1) is 9.83. The van der Waals surface area contributed by atoms with Gasteiger partial charge in [0.05, 0.1) is 11.2 Å². The number of hydrogen-bond acceptors (Lipinski definition) is 2. The highest BCUT2D eigenvalue weighted by molar-refractivity contribution is 5.80. The lowest BCUT2D eigenvalue weighted by atomic mass is 10.2. The SMILES string of the molecule is Fc1ccc2ccn(CCNCc3ccccn3)c2c1. The largest absolute Gasteiger partial charge is 0.346 e. The van der Waals surface area contributed by atoms with E-state index in [2.05, 4.69) is 14.9 Å². The van der Waals surface area contributed by atoms with Gasteiger partial charge in [-0.25, -0.2) is 4.39 Å². The summed E-state index contributed by atoms with van der Waals surface area (Å²) >= 11 is 0. The van der Waals surface area contributed by atoms with Crippen molar-refractivity contribution in [3.05, 3.63) is 66.4 Å². The Bertz CT molecular complexity index is 691. The van der Waals surface area contributed by atoms with Crippen LogP contribution in [0.4, 0.5) is 4.39 Å². The Hall–Kier alpha value is -2.20. The third-order valence-electron chi connectivity index (χ3n) is 3.30. The topological polar surface area (TPSA) is 29.9 Å². The predicted octanol–water partition coefficient (Wildman–Crippen LogP) is 2.97. The first kappa shape index (κ1) is 12.8. The van der Waals surface area contributed by atoms with Gasteiger partial charge >= 0.3 is 0 Å². The number of pyridine rings is 1. The number of hydrogen-bond donors (Lipinski definition) is 1. The highest BCUT2D eigenvalue weighted by atomic mass is 19.1. The molecule has 0 bridgehead atoms. The Morgan fingerprint density at radius 2 is 2.10 bits per heavy atom. The number of nitrogens with zero attached hydrogens (tertiary/aromatic N) is 2. The molecule has 1 N–H and O–H groups in total.